The zero-order chi connectivity index (χ0) is 23.0. The number of amides is 2. The molecule has 2 amide bonds. The largest absolute Gasteiger partial charge is 0.352 e. The monoisotopic (exact) mass is 463 g/mol. The minimum absolute atomic E-state index is 0.0301. The molecule has 2 aromatic carbocycles. The number of thioether (sulfide) groups is 1. The van der Waals surface area contributed by atoms with Gasteiger partial charge in [0.1, 0.15) is 6.04 Å². The van der Waals surface area contributed by atoms with Crippen LogP contribution in [-0.2, 0) is 21.9 Å². The van der Waals surface area contributed by atoms with E-state index in [1.165, 1.54) is 23.9 Å². The molecule has 0 aliphatic carbocycles. The Bertz CT molecular complexity index is 921. The van der Waals surface area contributed by atoms with Crippen molar-refractivity contribution >= 4 is 40.9 Å². The van der Waals surface area contributed by atoms with Gasteiger partial charge >= 0.3 is 0 Å². The van der Waals surface area contributed by atoms with Gasteiger partial charge in [-0.2, -0.15) is 0 Å². The Balaban J connectivity index is 2.05. The van der Waals surface area contributed by atoms with E-state index in [9.17, 15) is 19.7 Å². The molecule has 1 N–H and O–H groups in total. The van der Waals surface area contributed by atoms with Gasteiger partial charge in [-0.25, -0.2) is 0 Å². The zero-order valence-corrected chi connectivity index (χ0v) is 19.3. The van der Waals surface area contributed by atoms with Crippen LogP contribution in [0.25, 0.3) is 0 Å². The predicted octanol–water partition coefficient (Wildman–Crippen LogP) is 4.42. The van der Waals surface area contributed by atoms with E-state index in [1.807, 2.05) is 26.0 Å². The highest BCUT2D eigenvalue weighted by molar-refractivity contribution is 7.99. The van der Waals surface area contributed by atoms with Crippen LogP contribution in [0.15, 0.2) is 48.5 Å². The second-order valence-electron chi connectivity index (χ2n) is 7.41. The molecule has 7 nitrogen and oxygen atoms in total. The first-order valence-electron chi connectivity index (χ1n) is 9.82. The molecule has 0 heterocycles. The molecule has 0 aromatic heterocycles. The lowest BCUT2D eigenvalue weighted by molar-refractivity contribution is -0.384. The van der Waals surface area contributed by atoms with Gasteiger partial charge in [0.2, 0.25) is 11.8 Å². The number of nitro groups is 1. The second kappa shape index (κ2) is 11.7. The number of rotatable bonds is 10. The first kappa shape index (κ1) is 24.7. The van der Waals surface area contributed by atoms with Crippen molar-refractivity contribution in [2.45, 2.75) is 45.2 Å². The van der Waals surface area contributed by atoms with Gasteiger partial charge in [0.15, 0.2) is 0 Å². The van der Waals surface area contributed by atoms with Crippen LogP contribution in [0.1, 0.15) is 31.9 Å². The molecule has 1 atom stereocenters. The number of benzene rings is 2. The van der Waals surface area contributed by atoms with Gasteiger partial charge in [0.25, 0.3) is 5.69 Å². The van der Waals surface area contributed by atoms with Crippen LogP contribution in [0, 0.1) is 10.1 Å². The SMILES string of the molecule is CC(C)NC(=O)C(C)N(Cc1cccc(Cl)c1)C(=O)CSCc1ccc([N+](=O)[O-])cc1. The minimum Gasteiger partial charge on any atom is -0.352 e. The Hall–Kier alpha value is -2.58. The van der Waals surface area contributed by atoms with E-state index in [1.54, 1.807) is 36.1 Å². The number of nitrogens with zero attached hydrogens (tertiary/aromatic N) is 2. The molecular weight excluding hydrogens is 438 g/mol. The molecule has 9 heteroatoms. The number of nitrogens with one attached hydrogen (secondary N) is 1. The molecule has 0 fully saturated rings. The summed E-state index contributed by atoms with van der Waals surface area (Å²) in [6.45, 7) is 5.72. The summed E-state index contributed by atoms with van der Waals surface area (Å²) in [5.41, 5.74) is 1.75. The highest BCUT2D eigenvalue weighted by Crippen LogP contribution is 2.19. The number of non-ortho nitro benzene ring substituents is 1. The molecule has 0 radical (unpaired) electrons. The molecular formula is C22H26ClN3O4S. The van der Waals surface area contributed by atoms with E-state index >= 15 is 0 Å². The first-order chi connectivity index (χ1) is 14.7. The van der Waals surface area contributed by atoms with E-state index in [2.05, 4.69) is 5.32 Å². The highest BCUT2D eigenvalue weighted by atomic mass is 35.5. The van der Waals surface area contributed by atoms with Crippen molar-refractivity contribution in [3.63, 3.8) is 0 Å². The summed E-state index contributed by atoms with van der Waals surface area (Å²) in [6.07, 6.45) is 0. The normalized spacial score (nSPS) is 11.8. The van der Waals surface area contributed by atoms with Crippen LogP contribution in [0.4, 0.5) is 5.69 Å². The quantitative estimate of drug-likeness (QED) is 0.415. The number of carbonyl (C=O) groups excluding carboxylic acids is 2. The lowest BCUT2D eigenvalue weighted by atomic mass is 10.1. The lowest BCUT2D eigenvalue weighted by Crippen LogP contribution is -2.49. The summed E-state index contributed by atoms with van der Waals surface area (Å²) in [5, 5.41) is 14.2. The number of hydrogen-bond acceptors (Lipinski definition) is 5. The number of hydrogen-bond donors (Lipinski definition) is 1. The van der Waals surface area contributed by atoms with Gasteiger partial charge in [-0.15, -0.1) is 11.8 Å². The molecule has 0 bridgehead atoms. The molecule has 31 heavy (non-hydrogen) atoms. The minimum atomic E-state index is -0.645. The van der Waals surface area contributed by atoms with Crippen LogP contribution in [-0.4, -0.2) is 39.5 Å². The molecule has 2 rings (SSSR count). The Labute approximate surface area is 191 Å². The van der Waals surface area contributed by atoms with E-state index in [4.69, 9.17) is 11.6 Å². The van der Waals surface area contributed by atoms with Crippen molar-refractivity contribution in [1.29, 1.82) is 0 Å². The van der Waals surface area contributed by atoms with Crippen molar-refractivity contribution in [1.82, 2.24) is 10.2 Å². The predicted molar refractivity (Wildman–Crippen MR) is 124 cm³/mol. The smallest absolute Gasteiger partial charge is 0.269 e. The van der Waals surface area contributed by atoms with Crippen LogP contribution >= 0.6 is 23.4 Å². The Kier molecular flexibility index (Phi) is 9.33. The maximum Gasteiger partial charge on any atom is 0.269 e. The van der Waals surface area contributed by atoms with Crippen molar-refractivity contribution < 1.29 is 14.5 Å². The van der Waals surface area contributed by atoms with Gasteiger partial charge < -0.3 is 10.2 Å². The molecule has 0 aliphatic rings. The highest BCUT2D eigenvalue weighted by Gasteiger charge is 2.26. The van der Waals surface area contributed by atoms with Gasteiger partial charge in [-0.3, -0.25) is 19.7 Å². The fraction of sp³-hybridized carbons (Fsp3) is 0.364. The molecule has 0 saturated carbocycles. The number of halogens is 1. The fourth-order valence-electron chi connectivity index (χ4n) is 2.87. The summed E-state index contributed by atoms with van der Waals surface area (Å²) < 4.78 is 0. The Morgan fingerprint density at radius 3 is 2.39 bits per heavy atom. The van der Waals surface area contributed by atoms with Crippen molar-refractivity contribution in [2.24, 2.45) is 0 Å². The standard InChI is InChI=1S/C22H26ClN3O4S/c1-15(2)24-22(28)16(3)25(12-18-5-4-6-19(23)11-18)21(27)14-31-13-17-7-9-20(10-8-17)26(29)30/h4-11,15-16H,12-14H2,1-3H3,(H,24,28). The van der Waals surface area contributed by atoms with Gasteiger partial charge in [0, 0.05) is 35.5 Å². The molecule has 1 unspecified atom stereocenters. The molecule has 0 aliphatic heterocycles. The Morgan fingerprint density at radius 2 is 1.81 bits per heavy atom. The van der Waals surface area contributed by atoms with E-state index in [-0.39, 0.29) is 35.8 Å². The summed E-state index contributed by atoms with van der Waals surface area (Å²) in [7, 11) is 0. The van der Waals surface area contributed by atoms with E-state index < -0.39 is 11.0 Å². The number of carbonyl (C=O) groups is 2. The third kappa shape index (κ3) is 7.88. The zero-order valence-electron chi connectivity index (χ0n) is 17.7. The Morgan fingerprint density at radius 1 is 1.13 bits per heavy atom. The lowest BCUT2D eigenvalue weighted by Gasteiger charge is -2.29. The molecule has 2 aromatic rings. The van der Waals surface area contributed by atoms with Crippen LogP contribution in [0.2, 0.25) is 5.02 Å². The van der Waals surface area contributed by atoms with Crippen LogP contribution in [0.5, 0.6) is 0 Å². The molecule has 0 spiro atoms. The van der Waals surface area contributed by atoms with E-state index in [0.717, 1.165) is 11.1 Å². The van der Waals surface area contributed by atoms with Gasteiger partial charge in [0.05, 0.1) is 10.7 Å². The van der Waals surface area contributed by atoms with Crippen LogP contribution < -0.4 is 5.32 Å². The summed E-state index contributed by atoms with van der Waals surface area (Å²) in [5.74, 6) is 0.321. The third-order valence-corrected chi connectivity index (χ3v) is 5.71. The molecule has 166 valence electrons. The van der Waals surface area contributed by atoms with Crippen molar-refractivity contribution in [3.05, 3.63) is 74.8 Å². The topological polar surface area (TPSA) is 92.6 Å². The average molecular weight is 464 g/mol. The number of nitro benzene ring substituents is 1. The first-order valence-corrected chi connectivity index (χ1v) is 11.4. The average Bonchev–Trinajstić information content (AvgIpc) is 2.71. The van der Waals surface area contributed by atoms with Crippen LogP contribution in [0.3, 0.4) is 0 Å². The molecule has 0 saturated heterocycles. The van der Waals surface area contributed by atoms with Crippen molar-refractivity contribution in [2.75, 3.05) is 5.75 Å². The summed E-state index contributed by atoms with van der Waals surface area (Å²) in [6, 6.07) is 12.8. The third-order valence-electron chi connectivity index (χ3n) is 4.48. The summed E-state index contributed by atoms with van der Waals surface area (Å²) in [4.78, 5) is 37.4. The van der Waals surface area contributed by atoms with E-state index in [0.29, 0.717) is 10.8 Å². The fourth-order valence-corrected chi connectivity index (χ4v) is 3.96. The second-order valence-corrected chi connectivity index (χ2v) is 8.83. The maximum absolute atomic E-state index is 13.0. The van der Waals surface area contributed by atoms with Gasteiger partial charge in [-0.1, -0.05) is 35.9 Å². The van der Waals surface area contributed by atoms with Gasteiger partial charge in [-0.05, 0) is 44.0 Å². The van der Waals surface area contributed by atoms with Crippen molar-refractivity contribution in [3.8, 4) is 0 Å². The summed E-state index contributed by atoms with van der Waals surface area (Å²) >= 11 is 7.47. The maximum atomic E-state index is 13.0.